The van der Waals surface area contributed by atoms with E-state index in [1.54, 1.807) is 18.3 Å². The van der Waals surface area contributed by atoms with Crippen LogP contribution in [0.4, 0.5) is 4.39 Å². The van der Waals surface area contributed by atoms with Crippen LogP contribution in [0.5, 0.6) is 0 Å². The fraction of sp³-hybridized carbons (Fsp3) is 0.174. The summed E-state index contributed by atoms with van der Waals surface area (Å²) in [5.41, 5.74) is 3.50. The summed E-state index contributed by atoms with van der Waals surface area (Å²) in [7, 11) is 0. The van der Waals surface area contributed by atoms with Crippen LogP contribution in [0.3, 0.4) is 0 Å². The maximum absolute atomic E-state index is 14.4. The van der Waals surface area contributed by atoms with Gasteiger partial charge in [0.15, 0.2) is 10.8 Å². The molecule has 0 bridgehead atoms. The van der Waals surface area contributed by atoms with Gasteiger partial charge < -0.3 is 5.32 Å². The Morgan fingerprint density at radius 3 is 2.71 bits per heavy atom. The van der Waals surface area contributed by atoms with E-state index in [0.29, 0.717) is 34.1 Å². The van der Waals surface area contributed by atoms with Gasteiger partial charge in [-0.15, -0.1) is 0 Å². The van der Waals surface area contributed by atoms with Gasteiger partial charge in [-0.1, -0.05) is 41.6 Å². The van der Waals surface area contributed by atoms with E-state index in [-0.39, 0.29) is 18.3 Å². The number of carbonyl (C=O) groups excluding carboxylic acids is 1. The first-order chi connectivity index (χ1) is 15.1. The highest BCUT2D eigenvalue weighted by atomic mass is 35.5. The fourth-order valence-electron chi connectivity index (χ4n) is 3.19. The number of imidazole rings is 1. The van der Waals surface area contributed by atoms with Crippen LogP contribution < -0.4 is 5.32 Å². The average molecular weight is 455 g/mol. The highest BCUT2D eigenvalue weighted by Crippen LogP contribution is 2.29. The lowest BCUT2D eigenvalue weighted by molar-refractivity contribution is 0.0956. The molecule has 0 spiro atoms. The number of aromatic nitrogens is 3. The number of amides is 1. The maximum atomic E-state index is 14.4. The molecule has 0 aliphatic carbocycles. The third-order valence-corrected chi connectivity index (χ3v) is 6.17. The molecule has 2 heterocycles. The van der Waals surface area contributed by atoms with Crippen LogP contribution in [-0.4, -0.2) is 27.0 Å². The third kappa shape index (κ3) is 4.73. The van der Waals surface area contributed by atoms with E-state index in [1.807, 2.05) is 47.9 Å². The quantitative estimate of drug-likeness (QED) is 0.384. The summed E-state index contributed by atoms with van der Waals surface area (Å²) in [6.45, 7) is 2.71. The molecule has 0 radical (unpaired) electrons. The van der Waals surface area contributed by atoms with Crippen molar-refractivity contribution in [1.82, 2.24) is 19.9 Å². The van der Waals surface area contributed by atoms with E-state index in [4.69, 9.17) is 11.6 Å². The molecule has 0 unspecified atom stereocenters. The van der Waals surface area contributed by atoms with Gasteiger partial charge in [0.2, 0.25) is 0 Å². The van der Waals surface area contributed by atoms with Gasteiger partial charge in [-0.3, -0.25) is 9.36 Å². The summed E-state index contributed by atoms with van der Waals surface area (Å²) in [6.07, 6.45) is 1.69. The van der Waals surface area contributed by atoms with Crippen molar-refractivity contribution in [2.45, 2.75) is 24.4 Å². The predicted molar refractivity (Wildman–Crippen MR) is 122 cm³/mol. The van der Waals surface area contributed by atoms with E-state index in [1.165, 1.54) is 17.8 Å². The number of halogens is 2. The molecule has 0 saturated heterocycles. The van der Waals surface area contributed by atoms with Gasteiger partial charge in [0.25, 0.3) is 5.91 Å². The van der Waals surface area contributed by atoms with Gasteiger partial charge in [-0.05, 0) is 48.9 Å². The lowest BCUT2D eigenvalue weighted by Gasteiger charge is -2.11. The smallest absolute Gasteiger partial charge is 0.251 e. The SMILES string of the molecule is CCNC(=O)c1ccc(CSc2nc3cccnc3n2Cc2c(F)cccc2Cl)cc1. The normalized spacial score (nSPS) is 11.1. The molecule has 0 aliphatic heterocycles. The van der Waals surface area contributed by atoms with Gasteiger partial charge in [0.1, 0.15) is 11.3 Å². The summed E-state index contributed by atoms with van der Waals surface area (Å²) < 4.78 is 16.3. The second-order valence-corrected chi connectivity index (χ2v) is 8.22. The molecule has 0 fully saturated rings. The van der Waals surface area contributed by atoms with Crippen molar-refractivity contribution in [2.24, 2.45) is 0 Å². The topological polar surface area (TPSA) is 59.8 Å². The lowest BCUT2D eigenvalue weighted by Crippen LogP contribution is -2.22. The molecule has 0 aliphatic rings. The Kier molecular flexibility index (Phi) is 6.53. The summed E-state index contributed by atoms with van der Waals surface area (Å²) in [6, 6.07) is 15.8. The molecule has 8 heteroatoms. The van der Waals surface area contributed by atoms with Crippen molar-refractivity contribution in [3.8, 4) is 0 Å². The molecule has 2 aromatic heterocycles. The van der Waals surface area contributed by atoms with Gasteiger partial charge in [0.05, 0.1) is 6.54 Å². The second kappa shape index (κ2) is 9.49. The number of carbonyl (C=O) groups is 1. The number of thioether (sulfide) groups is 1. The zero-order valence-electron chi connectivity index (χ0n) is 16.8. The first-order valence-electron chi connectivity index (χ1n) is 9.81. The Balaban J connectivity index is 1.59. The Morgan fingerprint density at radius 2 is 1.97 bits per heavy atom. The molecule has 2 aromatic carbocycles. The largest absolute Gasteiger partial charge is 0.352 e. The Bertz CT molecular complexity index is 1210. The zero-order valence-corrected chi connectivity index (χ0v) is 18.4. The molecule has 4 rings (SSSR count). The predicted octanol–water partition coefficient (Wildman–Crippen LogP) is 5.31. The second-order valence-electron chi connectivity index (χ2n) is 6.87. The standard InChI is InChI=1S/C23H20ClFN4OS/c1-2-26-22(30)16-10-8-15(9-11-16)14-31-23-28-20-7-4-12-27-21(20)29(23)13-17-18(24)5-3-6-19(17)25/h3-12H,2,13-14H2,1H3,(H,26,30). The molecule has 158 valence electrons. The van der Waals surface area contributed by atoms with Gasteiger partial charge in [0, 0.05) is 34.6 Å². The summed E-state index contributed by atoms with van der Waals surface area (Å²) in [4.78, 5) is 21.1. The van der Waals surface area contributed by atoms with Crippen LogP contribution in [-0.2, 0) is 12.3 Å². The number of fused-ring (bicyclic) bond motifs is 1. The highest BCUT2D eigenvalue weighted by molar-refractivity contribution is 7.98. The Morgan fingerprint density at radius 1 is 1.16 bits per heavy atom. The molecule has 0 atom stereocenters. The molecular formula is C23H20ClFN4OS. The number of nitrogens with zero attached hydrogens (tertiary/aromatic N) is 3. The molecule has 31 heavy (non-hydrogen) atoms. The van der Waals surface area contributed by atoms with E-state index in [2.05, 4.69) is 15.3 Å². The molecule has 5 nitrogen and oxygen atoms in total. The molecule has 1 amide bonds. The van der Waals surface area contributed by atoms with Crippen molar-refractivity contribution in [3.63, 3.8) is 0 Å². The van der Waals surface area contributed by atoms with E-state index < -0.39 is 0 Å². The molecular weight excluding hydrogens is 435 g/mol. The van der Waals surface area contributed by atoms with Gasteiger partial charge in [-0.25, -0.2) is 14.4 Å². The van der Waals surface area contributed by atoms with Gasteiger partial charge in [-0.2, -0.15) is 0 Å². The Labute approximate surface area is 188 Å². The van der Waals surface area contributed by atoms with Crippen LogP contribution in [0, 0.1) is 5.82 Å². The van der Waals surface area contributed by atoms with Gasteiger partial charge >= 0.3 is 0 Å². The average Bonchev–Trinajstić information content (AvgIpc) is 3.13. The van der Waals surface area contributed by atoms with Crippen LogP contribution in [0.15, 0.2) is 66.0 Å². The van der Waals surface area contributed by atoms with Crippen molar-refractivity contribution in [2.75, 3.05) is 6.54 Å². The number of benzene rings is 2. The lowest BCUT2D eigenvalue weighted by atomic mass is 10.1. The molecule has 1 N–H and O–H groups in total. The fourth-order valence-corrected chi connectivity index (χ4v) is 4.38. The van der Waals surface area contributed by atoms with Crippen molar-refractivity contribution in [1.29, 1.82) is 0 Å². The first kappa shape index (κ1) is 21.3. The van der Waals surface area contributed by atoms with E-state index >= 15 is 0 Å². The van der Waals surface area contributed by atoms with Crippen molar-refractivity contribution < 1.29 is 9.18 Å². The van der Waals surface area contributed by atoms with E-state index in [0.717, 1.165) is 16.2 Å². The van der Waals surface area contributed by atoms with Crippen LogP contribution in [0.25, 0.3) is 11.2 Å². The monoisotopic (exact) mass is 454 g/mol. The molecule has 0 saturated carbocycles. The van der Waals surface area contributed by atoms with E-state index in [9.17, 15) is 9.18 Å². The number of pyridine rings is 1. The zero-order chi connectivity index (χ0) is 21.8. The summed E-state index contributed by atoms with van der Waals surface area (Å²) in [5, 5.41) is 3.88. The number of nitrogens with one attached hydrogen (secondary N) is 1. The van der Waals surface area contributed by atoms with Crippen molar-refractivity contribution in [3.05, 3.63) is 88.3 Å². The Hall–Kier alpha value is -2.90. The minimum Gasteiger partial charge on any atom is -0.352 e. The van der Waals surface area contributed by atoms with Crippen molar-refractivity contribution >= 4 is 40.4 Å². The third-order valence-electron chi connectivity index (χ3n) is 4.77. The minimum absolute atomic E-state index is 0.0867. The van der Waals surface area contributed by atoms with Crippen LogP contribution >= 0.6 is 23.4 Å². The highest BCUT2D eigenvalue weighted by Gasteiger charge is 2.16. The minimum atomic E-state index is -0.359. The van der Waals surface area contributed by atoms with Crippen LogP contribution in [0.2, 0.25) is 5.02 Å². The number of hydrogen-bond donors (Lipinski definition) is 1. The summed E-state index contributed by atoms with van der Waals surface area (Å²) >= 11 is 7.78. The first-order valence-corrected chi connectivity index (χ1v) is 11.2. The number of rotatable bonds is 7. The summed E-state index contributed by atoms with van der Waals surface area (Å²) in [5.74, 6) is 0.197. The number of hydrogen-bond acceptors (Lipinski definition) is 4. The molecule has 4 aromatic rings. The maximum Gasteiger partial charge on any atom is 0.251 e. The van der Waals surface area contributed by atoms with Crippen LogP contribution in [0.1, 0.15) is 28.4 Å².